The summed E-state index contributed by atoms with van der Waals surface area (Å²) < 4.78 is 39.8. The van der Waals surface area contributed by atoms with Gasteiger partial charge in [0.2, 0.25) is 15.9 Å². The van der Waals surface area contributed by atoms with E-state index in [4.69, 9.17) is 11.6 Å². The van der Waals surface area contributed by atoms with Crippen molar-refractivity contribution in [3.05, 3.63) is 70.3 Å². The maximum Gasteiger partial charge on any atom is 0.236 e. The van der Waals surface area contributed by atoms with Crippen LogP contribution in [-0.2, 0) is 14.8 Å². The van der Waals surface area contributed by atoms with Gasteiger partial charge in [-0.25, -0.2) is 12.8 Å². The number of rotatable bonds is 5. The molecule has 1 aliphatic heterocycles. The van der Waals surface area contributed by atoms with Crippen molar-refractivity contribution in [1.29, 1.82) is 0 Å². The van der Waals surface area contributed by atoms with Gasteiger partial charge in [-0.05, 0) is 42.7 Å². The number of carbonyl (C=O) groups is 1. The van der Waals surface area contributed by atoms with Gasteiger partial charge in [0.25, 0.3) is 0 Å². The summed E-state index contributed by atoms with van der Waals surface area (Å²) in [6, 6.07) is 13.2. The van der Waals surface area contributed by atoms with E-state index >= 15 is 0 Å². The highest BCUT2D eigenvalue weighted by Crippen LogP contribution is 2.24. The van der Waals surface area contributed by atoms with E-state index in [0.29, 0.717) is 18.5 Å². The van der Waals surface area contributed by atoms with Gasteiger partial charge in [-0.2, -0.15) is 4.31 Å². The third kappa shape index (κ3) is 5.19. The van der Waals surface area contributed by atoms with Crippen molar-refractivity contribution in [3.8, 4) is 0 Å². The maximum absolute atomic E-state index is 13.5. The fourth-order valence-electron chi connectivity index (χ4n) is 3.01. The summed E-state index contributed by atoms with van der Waals surface area (Å²) in [5.41, 5.74) is 1.13. The Labute approximate surface area is 168 Å². The number of amides is 1. The minimum absolute atomic E-state index is 0.0138. The van der Waals surface area contributed by atoms with Gasteiger partial charge in [0.05, 0.1) is 5.02 Å². The first kappa shape index (κ1) is 20.5. The van der Waals surface area contributed by atoms with E-state index in [-0.39, 0.29) is 29.9 Å². The summed E-state index contributed by atoms with van der Waals surface area (Å²) in [5, 5.41) is 3.84. The predicted molar refractivity (Wildman–Crippen MR) is 109 cm³/mol. The maximum atomic E-state index is 13.5. The first-order chi connectivity index (χ1) is 13.3. The summed E-state index contributed by atoms with van der Waals surface area (Å²) in [4.78, 5) is 12.4. The minimum Gasteiger partial charge on any atom is -0.326 e. The topological polar surface area (TPSA) is 66.5 Å². The van der Waals surface area contributed by atoms with Crippen LogP contribution in [0.2, 0.25) is 5.02 Å². The molecule has 0 aromatic heterocycles. The highest BCUT2D eigenvalue weighted by atomic mass is 35.5. The molecule has 0 spiro atoms. The summed E-state index contributed by atoms with van der Waals surface area (Å²) in [7, 11) is -3.54. The monoisotopic (exact) mass is 422 g/mol. The zero-order valence-corrected chi connectivity index (χ0v) is 16.6. The Kier molecular flexibility index (Phi) is 6.49. The Morgan fingerprint density at radius 2 is 1.82 bits per heavy atom. The third-order valence-electron chi connectivity index (χ3n) is 4.60. The van der Waals surface area contributed by atoms with Crippen molar-refractivity contribution in [3.63, 3.8) is 0 Å². The normalized spacial score (nSPS) is 16.4. The number of benzene rings is 2. The van der Waals surface area contributed by atoms with Crippen LogP contribution in [0.1, 0.15) is 18.4 Å². The molecular formula is C20H20ClFN2O3S. The van der Waals surface area contributed by atoms with Gasteiger partial charge in [0.15, 0.2) is 0 Å². The van der Waals surface area contributed by atoms with Gasteiger partial charge in [0.1, 0.15) is 5.82 Å². The zero-order chi connectivity index (χ0) is 20.1. The summed E-state index contributed by atoms with van der Waals surface area (Å²) in [5.74, 6) is -1.19. The van der Waals surface area contributed by atoms with Crippen LogP contribution in [0.15, 0.2) is 53.9 Å². The Morgan fingerprint density at radius 3 is 2.46 bits per heavy atom. The largest absolute Gasteiger partial charge is 0.326 e. The van der Waals surface area contributed by atoms with Gasteiger partial charge in [-0.1, -0.05) is 41.9 Å². The quantitative estimate of drug-likeness (QED) is 0.787. The molecule has 8 heteroatoms. The van der Waals surface area contributed by atoms with E-state index in [1.54, 1.807) is 6.08 Å². The first-order valence-corrected chi connectivity index (χ1v) is 10.7. The van der Waals surface area contributed by atoms with Crippen LogP contribution in [0, 0.1) is 11.7 Å². The van der Waals surface area contributed by atoms with E-state index in [1.165, 1.54) is 21.8 Å². The van der Waals surface area contributed by atoms with Crippen LogP contribution in [-0.4, -0.2) is 31.7 Å². The van der Waals surface area contributed by atoms with Gasteiger partial charge < -0.3 is 5.32 Å². The summed E-state index contributed by atoms with van der Waals surface area (Å²) >= 11 is 5.63. The number of hydrogen-bond acceptors (Lipinski definition) is 3. The lowest BCUT2D eigenvalue weighted by atomic mass is 9.97. The Balaban J connectivity index is 1.56. The zero-order valence-electron chi connectivity index (χ0n) is 15.0. The highest BCUT2D eigenvalue weighted by molar-refractivity contribution is 7.92. The molecule has 2 aromatic carbocycles. The molecular weight excluding hydrogens is 403 g/mol. The molecule has 1 aliphatic rings. The lowest BCUT2D eigenvalue weighted by Gasteiger charge is -2.29. The molecule has 1 heterocycles. The van der Waals surface area contributed by atoms with E-state index in [0.717, 1.165) is 11.6 Å². The van der Waals surface area contributed by atoms with Crippen molar-refractivity contribution >= 4 is 39.3 Å². The number of carbonyl (C=O) groups excluding carboxylic acids is 1. The molecule has 3 rings (SSSR count). The lowest BCUT2D eigenvalue weighted by molar-refractivity contribution is -0.120. The number of halogens is 2. The van der Waals surface area contributed by atoms with E-state index in [1.807, 2.05) is 30.3 Å². The fraction of sp³-hybridized carbons (Fsp3) is 0.250. The van der Waals surface area contributed by atoms with Crippen LogP contribution in [0.25, 0.3) is 6.08 Å². The summed E-state index contributed by atoms with van der Waals surface area (Å²) in [6.45, 7) is 0.517. The van der Waals surface area contributed by atoms with Gasteiger partial charge >= 0.3 is 0 Å². The van der Waals surface area contributed by atoms with Crippen molar-refractivity contribution in [1.82, 2.24) is 4.31 Å². The number of nitrogens with zero attached hydrogens (tertiary/aromatic N) is 1. The second kappa shape index (κ2) is 8.86. The number of sulfonamides is 1. The number of nitrogens with one attached hydrogen (secondary N) is 1. The molecule has 0 bridgehead atoms. The van der Waals surface area contributed by atoms with Crippen molar-refractivity contribution in [2.75, 3.05) is 18.4 Å². The molecule has 148 valence electrons. The molecule has 0 saturated carbocycles. The van der Waals surface area contributed by atoms with Gasteiger partial charge in [-0.15, -0.1) is 0 Å². The molecule has 1 saturated heterocycles. The van der Waals surface area contributed by atoms with Crippen LogP contribution in [0.4, 0.5) is 10.1 Å². The lowest BCUT2D eigenvalue weighted by Crippen LogP contribution is -2.40. The average molecular weight is 423 g/mol. The van der Waals surface area contributed by atoms with Crippen LogP contribution in [0.5, 0.6) is 0 Å². The predicted octanol–water partition coefficient (Wildman–Crippen LogP) is 4.13. The van der Waals surface area contributed by atoms with Crippen LogP contribution < -0.4 is 5.32 Å². The second-order valence-corrected chi connectivity index (χ2v) is 8.78. The molecule has 28 heavy (non-hydrogen) atoms. The molecule has 1 fully saturated rings. The van der Waals surface area contributed by atoms with E-state index < -0.39 is 15.8 Å². The van der Waals surface area contributed by atoms with Crippen LogP contribution >= 0.6 is 11.6 Å². The Hall–Kier alpha value is -2.22. The van der Waals surface area contributed by atoms with Gasteiger partial charge in [-0.3, -0.25) is 4.79 Å². The van der Waals surface area contributed by atoms with Gasteiger partial charge in [0, 0.05) is 30.1 Å². The minimum atomic E-state index is -3.54. The molecule has 0 unspecified atom stereocenters. The standard InChI is InChI=1S/C20H20ClFN2O3S/c21-18-7-6-17(14-19(18)22)23-20(25)16-8-11-24(12-9-16)28(26,27)13-10-15-4-2-1-3-5-15/h1-7,10,13-14,16H,8-9,11-12H2,(H,23,25)/b13-10+. The molecule has 0 aliphatic carbocycles. The Bertz CT molecular complexity index is 972. The Morgan fingerprint density at radius 1 is 1.14 bits per heavy atom. The number of hydrogen-bond donors (Lipinski definition) is 1. The molecule has 2 aromatic rings. The first-order valence-electron chi connectivity index (χ1n) is 8.84. The van der Waals surface area contributed by atoms with E-state index in [9.17, 15) is 17.6 Å². The molecule has 0 radical (unpaired) electrons. The smallest absolute Gasteiger partial charge is 0.236 e. The number of anilines is 1. The van der Waals surface area contributed by atoms with Crippen molar-refractivity contribution < 1.29 is 17.6 Å². The van der Waals surface area contributed by atoms with Crippen molar-refractivity contribution in [2.45, 2.75) is 12.8 Å². The SMILES string of the molecule is O=C(Nc1ccc(Cl)c(F)c1)C1CCN(S(=O)(=O)/C=C/c2ccccc2)CC1. The molecule has 1 amide bonds. The second-order valence-electron chi connectivity index (χ2n) is 6.55. The average Bonchev–Trinajstić information content (AvgIpc) is 2.70. The van der Waals surface area contributed by atoms with Crippen LogP contribution in [0.3, 0.4) is 0 Å². The highest BCUT2D eigenvalue weighted by Gasteiger charge is 2.30. The van der Waals surface area contributed by atoms with Crippen molar-refractivity contribution in [2.24, 2.45) is 5.92 Å². The summed E-state index contributed by atoms with van der Waals surface area (Å²) in [6.07, 6.45) is 2.36. The van der Waals surface area contributed by atoms with E-state index in [2.05, 4.69) is 5.32 Å². The molecule has 0 atom stereocenters. The third-order valence-corrected chi connectivity index (χ3v) is 6.48. The molecule has 1 N–H and O–H groups in total. The fourth-order valence-corrected chi connectivity index (χ4v) is 4.34. The molecule has 5 nitrogen and oxygen atoms in total. The number of piperidine rings is 1.